The number of rotatable bonds is 3. The summed E-state index contributed by atoms with van der Waals surface area (Å²) >= 11 is 1.61. The van der Waals surface area contributed by atoms with E-state index in [1.807, 2.05) is 11.4 Å². The number of nitrogens with two attached hydrogens (primary N) is 1. The Balaban J connectivity index is 1.83. The smallest absolute Gasteiger partial charge is 0.152 e. The molecule has 0 unspecified atom stereocenters. The van der Waals surface area contributed by atoms with Crippen molar-refractivity contribution in [2.75, 3.05) is 31.7 Å². The van der Waals surface area contributed by atoms with Crippen molar-refractivity contribution in [2.24, 2.45) is 5.84 Å². The lowest BCUT2D eigenvalue weighted by atomic mass is 10.3. The van der Waals surface area contributed by atoms with Gasteiger partial charge in [0.25, 0.3) is 0 Å². The largest absolute Gasteiger partial charge is 0.380 e. The van der Waals surface area contributed by atoms with Gasteiger partial charge in [0.05, 0.1) is 18.5 Å². The summed E-state index contributed by atoms with van der Waals surface area (Å²) in [7, 11) is 0. The third kappa shape index (κ3) is 2.84. The van der Waals surface area contributed by atoms with Crippen molar-refractivity contribution in [2.45, 2.75) is 13.0 Å². The summed E-state index contributed by atoms with van der Waals surface area (Å²) in [4.78, 5) is 12.4. The van der Waals surface area contributed by atoms with Gasteiger partial charge in [-0.05, 0) is 17.9 Å². The zero-order chi connectivity index (χ0) is 13.1. The molecule has 19 heavy (non-hydrogen) atoms. The molecule has 0 saturated carbocycles. The van der Waals surface area contributed by atoms with Gasteiger partial charge in [-0.25, -0.2) is 15.8 Å². The topological polar surface area (TPSA) is 76.3 Å². The van der Waals surface area contributed by atoms with Crippen molar-refractivity contribution in [3.05, 3.63) is 17.3 Å². The zero-order valence-corrected chi connectivity index (χ0v) is 11.4. The Hall–Kier alpha value is -1.28. The van der Waals surface area contributed by atoms with Gasteiger partial charge in [-0.15, -0.1) is 11.3 Å². The molecule has 3 N–H and O–H groups in total. The maximum atomic E-state index is 5.53. The fraction of sp³-hybridized carbons (Fsp3) is 0.500. The van der Waals surface area contributed by atoms with Crippen LogP contribution >= 0.6 is 11.3 Å². The minimum absolute atomic E-state index is 0.701. The number of nitrogens with zero attached hydrogens (tertiary/aromatic N) is 3. The van der Waals surface area contributed by atoms with Gasteiger partial charge in [-0.1, -0.05) is 0 Å². The van der Waals surface area contributed by atoms with Crippen LogP contribution in [0.4, 0.5) is 5.82 Å². The van der Waals surface area contributed by atoms with Crippen molar-refractivity contribution in [1.82, 2.24) is 14.9 Å². The fourth-order valence-electron chi connectivity index (χ4n) is 2.24. The molecule has 0 radical (unpaired) electrons. The predicted octanol–water partition coefficient (Wildman–Crippen LogP) is 1.20. The summed E-state index contributed by atoms with van der Waals surface area (Å²) in [5.41, 5.74) is 2.66. The number of hydrazine groups is 1. The molecule has 0 bridgehead atoms. The van der Waals surface area contributed by atoms with Crippen LogP contribution in [0.2, 0.25) is 0 Å². The van der Waals surface area contributed by atoms with Crippen LogP contribution in [0.15, 0.2) is 11.4 Å². The van der Waals surface area contributed by atoms with E-state index in [2.05, 4.69) is 20.3 Å². The van der Waals surface area contributed by atoms with Crippen LogP contribution in [0.5, 0.6) is 0 Å². The van der Waals surface area contributed by atoms with Crippen LogP contribution in [-0.2, 0) is 11.3 Å². The summed E-state index contributed by atoms with van der Waals surface area (Å²) in [5, 5.41) is 2.99. The zero-order valence-electron chi connectivity index (χ0n) is 10.6. The highest BCUT2D eigenvalue weighted by Gasteiger charge is 2.13. The number of nitrogens with one attached hydrogen (secondary N) is 1. The average Bonchev–Trinajstić information content (AvgIpc) is 2.75. The lowest BCUT2D eigenvalue weighted by Gasteiger charge is -2.18. The highest BCUT2D eigenvalue weighted by molar-refractivity contribution is 7.16. The normalized spacial score (nSPS) is 17.5. The monoisotopic (exact) mass is 279 g/mol. The second kappa shape index (κ2) is 5.79. The molecule has 0 aromatic carbocycles. The van der Waals surface area contributed by atoms with Gasteiger partial charge >= 0.3 is 0 Å². The minimum atomic E-state index is 0.701. The molecule has 1 aliphatic heterocycles. The van der Waals surface area contributed by atoms with Gasteiger partial charge in [0.2, 0.25) is 0 Å². The van der Waals surface area contributed by atoms with E-state index < -0.39 is 0 Å². The highest BCUT2D eigenvalue weighted by Crippen LogP contribution is 2.24. The second-order valence-electron chi connectivity index (χ2n) is 4.51. The Kier molecular flexibility index (Phi) is 3.88. The van der Waals surface area contributed by atoms with E-state index in [9.17, 15) is 0 Å². The lowest BCUT2D eigenvalue weighted by Crippen LogP contribution is -2.27. The van der Waals surface area contributed by atoms with Crippen LogP contribution in [0.25, 0.3) is 10.2 Å². The lowest BCUT2D eigenvalue weighted by molar-refractivity contribution is 0.140. The first-order valence-corrected chi connectivity index (χ1v) is 7.25. The van der Waals surface area contributed by atoms with E-state index in [0.29, 0.717) is 5.82 Å². The molecule has 1 fully saturated rings. The SMILES string of the molecule is NNc1nc(CN2CCCOCC2)nc2sccc12. The number of hydrogen-bond acceptors (Lipinski definition) is 7. The van der Waals surface area contributed by atoms with E-state index in [4.69, 9.17) is 10.6 Å². The standard InChI is InChI=1S/C12H17N5OS/c13-16-11-9-2-7-19-12(9)15-10(14-11)8-17-3-1-5-18-6-4-17/h2,7H,1,3-6,8,13H2,(H,14,15,16). The Morgan fingerprint density at radius 3 is 3.21 bits per heavy atom. The Labute approximate surface area is 115 Å². The van der Waals surface area contributed by atoms with E-state index >= 15 is 0 Å². The van der Waals surface area contributed by atoms with Crippen molar-refractivity contribution < 1.29 is 4.74 Å². The third-order valence-corrected chi connectivity index (χ3v) is 3.99. The van der Waals surface area contributed by atoms with Crippen LogP contribution in [-0.4, -0.2) is 41.2 Å². The van der Waals surface area contributed by atoms with E-state index in [0.717, 1.165) is 55.3 Å². The molecule has 1 saturated heterocycles. The second-order valence-corrected chi connectivity index (χ2v) is 5.41. The molecule has 0 atom stereocenters. The Morgan fingerprint density at radius 2 is 2.32 bits per heavy atom. The summed E-state index contributed by atoms with van der Waals surface area (Å²) in [6.07, 6.45) is 1.06. The maximum absolute atomic E-state index is 5.53. The van der Waals surface area contributed by atoms with Gasteiger partial charge in [0.1, 0.15) is 10.7 Å². The van der Waals surface area contributed by atoms with Crippen molar-refractivity contribution in [1.29, 1.82) is 0 Å². The summed E-state index contributed by atoms with van der Waals surface area (Å²) in [5.74, 6) is 7.04. The quantitative estimate of drug-likeness (QED) is 0.649. The maximum Gasteiger partial charge on any atom is 0.152 e. The third-order valence-electron chi connectivity index (χ3n) is 3.19. The van der Waals surface area contributed by atoms with E-state index in [1.54, 1.807) is 11.3 Å². The summed E-state index contributed by atoms with van der Waals surface area (Å²) in [6, 6.07) is 1.98. The minimum Gasteiger partial charge on any atom is -0.380 e. The fourth-order valence-corrected chi connectivity index (χ4v) is 3.02. The van der Waals surface area contributed by atoms with Crippen molar-refractivity contribution in [3.8, 4) is 0 Å². The number of fused-ring (bicyclic) bond motifs is 1. The van der Waals surface area contributed by atoms with Gasteiger partial charge in [-0.2, -0.15) is 0 Å². The summed E-state index contributed by atoms with van der Waals surface area (Å²) < 4.78 is 5.45. The molecule has 2 aromatic rings. The first-order valence-electron chi connectivity index (χ1n) is 6.37. The molecule has 7 heteroatoms. The van der Waals surface area contributed by atoms with Crippen LogP contribution in [0, 0.1) is 0 Å². The number of nitrogen functional groups attached to an aromatic ring is 1. The first-order chi connectivity index (χ1) is 9.36. The van der Waals surface area contributed by atoms with Crippen LogP contribution in [0.3, 0.4) is 0 Å². The number of hydrogen-bond donors (Lipinski definition) is 2. The number of anilines is 1. The molecule has 3 heterocycles. The summed E-state index contributed by atoms with van der Waals surface area (Å²) in [6.45, 7) is 4.32. The van der Waals surface area contributed by atoms with E-state index in [1.165, 1.54) is 0 Å². The molecule has 0 aliphatic carbocycles. The molecule has 0 amide bonds. The number of thiophene rings is 1. The number of aromatic nitrogens is 2. The van der Waals surface area contributed by atoms with Gasteiger partial charge in [0, 0.05) is 19.7 Å². The van der Waals surface area contributed by atoms with Gasteiger partial charge in [0.15, 0.2) is 5.82 Å². The van der Waals surface area contributed by atoms with Crippen molar-refractivity contribution in [3.63, 3.8) is 0 Å². The highest BCUT2D eigenvalue weighted by atomic mass is 32.1. The van der Waals surface area contributed by atoms with Crippen LogP contribution in [0.1, 0.15) is 12.2 Å². The van der Waals surface area contributed by atoms with E-state index in [-0.39, 0.29) is 0 Å². The van der Waals surface area contributed by atoms with Gasteiger partial charge in [-0.3, -0.25) is 4.90 Å². The Bertz CT molecular complexity index is 550. The molecular weight excluding hydrogens is 262 g/mol. The molecular formula is C12H17N5OS. The average molecular weight is 279 g/mol. The first kappa shape index (κ1) is 12.7. The molecule has 102 valence electrons. The van der Waals surface area contributed by atoms with Gasteiger partial charge < -0.3 is 10.2 Å². The molecule has 6 nitrogen and oxygen atoms in total. The molecule has 1 aliphatic rings. The van der Waals surface area contributed by atoms with Crippen molar-refractivity contribution >= 4 is 27.4 Å². The molecule has 0 spiro atoms. The Morgan fingerprint density at radius 1 is 1.37 bits per heavy atom. The number of ether oxygens (including phenoxy) is 1. The van der Waals surface area contributed by atoms with Crippen LogP contribution < -0.4 is 11.3 Å². The molecule has 3 rings (SSSR count). The molecule has 2 aromatic heterocycles. The predicted molar refractivity (Wildman–Crippen MR) is 75.9 cm³/mol.